The summed E-state index contributed by atoms with van der Waals surface area (Å²) in [6, 6.07) is 13.5. The topological polar surface area (TPSA) is 65.1 Å². The Morgan fingerprint density at radius 1 is 1.15 bits per heavy atom. The normalized spacial score (nSPS) is 11.3. The lowest BCUT2D eigenvalue weighted by atomic mass is 10.2. The van der Waals surface area contributed by atoms with Gasteiger partial charge in [-0.25, -0.2) is 4.98 Å². The quantitative estimate of drug-likeness (QED) is 0.275. The Morgan fingerprint density at radius 3 is 2.69 bits per heavy atom. The maximum atomic E-state index is 6.18. The molecule has 0 unspecified atom stereocenters. The van der Waals surface area contributed by atoms with Gasteiger partial charge in [-0.15, -0.1) is 24.0 Å². The number of aromatic amines is 1. The van der Waals surface area contributed by atoms with Crippen LogP contribution >= 0.6 is 47.2 Å². The molecule has 0 saturated heterocycles. The maximum absolute atomic E-state index is 6.18. The second kappa shape index (κ2) is 9.99. The van der Waals surface area contributed by atoms with Crippen molar-refractivity contribution >= 4 is 64.2 Å². The van der Waals surface area contributed by atoms with E-state index in [1.165, 1.54) is 0 Å². The summed E-state index contributed by atoms with van der Waals surface area (Å²) in [7, 11) is 1.74. The van der Waals surface area contributed by atoms with E-state index in [9.17, 15) is 0 Å². The first-order chi connectivity index (χ1) is 12.2. The van der Waals surface area contributed by atoms with Crippen LogP contribution in [0, 0.1) is 0 Å². The number of nitrogens with zero attached hydrogens (tertiary/aromatic N) is 2. The van der Waals surface area contributed by atoms with Crippen molar-refractivity contribution in [3.05, 3.63) is 63.9 Å². The summed E-state index contributed by atoms with van der Waals surface area (Å²) in [6.07, 6.45) is 0.775. The molecular weight excluding hydrogens is 484 g/mol. The van der Waals surface area contributed by atoms with Crippen molar-refractivity contribution in [2.45, 2.75) is 13.0 Å². The molecule has 1 heterocycles. The van der Waals surface area contributed by atoms with Gasteiger partial charge in [0.15, 0.2) is 5.96 Å². The van der Waals surface area contributed by atoms with Crippen LogP contribution < -0.4 is 10.6 Å². The first-order valence-corrected chi connectivity index (χ1v) is 8.73. The summed E-state index contributed by atoms with van der Waals surface area (Å²) in [5.41, 5.74) is 3.00. The zero-order valence-electron chi connectivity index (χ0n) is 14.2. The fourth-order valence-corrected chi connectivity index (χ4v) is 2.96. The predicted molar refractivity (Wildman–Crippen MR) is 120 cm³/mol. The highest BCUT2D eigenvalue weighted by molar-refractivity contribution is 14.0. The Balaban J connectivity index is 0.00000243. The largest absolute Gasteiger partial charge is 0.356 e. The summed E-state index contributed by atoms with van der Waals surface area (Å²) >= 11 is 12.1. The van der Waals surface area contributed by atoms with Crippen LogP contribution in [0.2, 0.25) is 10.0 Å². The molecule has 8 heteroatoms. The third-order valence-corrected chi connectivity index (χ3v) is 4.36. The second-order valence-electron chi connectivity index (χ2n) is 5.54. The van der Waals surface area contributed by atoms with Crippen molar-refractivity contribution in [3.8, 4) is 0 Å². The van der Waals surface area contributed by atoms with E-state index in [1.807, 2.05) is 36.4 Å². The number of rotatable bonds is 5. The molecule has 0 saturated carbocycles. The molecule has 2 aromatic carbocycles. The van der Waals surface area contributed by atoms with Crippen molar-refractivity contribution < 1.29 is 0 Å². The van der Waals surface area contributed by atoms with Crippen LogP contribution in [0.15, 0.2) is 47.5 Å². The molecule has 1 aromatic heterocycles. The van der Waals surface area contributed by atoms with Crippen LogP contribution in [0.1, 0.15) is 11.4 Å². The fraction of sp³-hybridized carbons (Fsp3) is 0.222. The molecule has 0 spiro atoms. The number of fused-ring (bicyclic) bond motifs is 1. The molecule has 0 fully saturated rings. The van der Waals surface area contributed by atoms with E-state index in [0.717, 1.165) is 28.8 Å². The Morgan fingerprint density at radius 2 is 1.96 bits per heavy atom. The number of nitrogens with one attached hydrogen (secondary N) is 3. The number of benzene rings is 2. The molecule has 5 nitrogen and oxygen atoms in total. The molecule has 3 aromatic rings. The first-order valence-electron chi connectivity index (χ1n) is 7.98. The van der Waals surface area contributed by atoms with Crippen LogP contribution in [0.25, 0.3) is 11.0 Å². The molecular formula is C18H20Cl2IN5. The van der Waals surface area contributed by atoms with Crippen LogP contribution in [0.5, 0.6) is 0 Å². The summed E-state index contributed by atoms with van der Waals surface area (Å²) in [5, 5.41) is 7.78. The monoisotopic (exact) mass is 503 g/mol. The lowest BCUT2D eigenvalue weighted by Gasteiger charge is -2.12. The number of imidazole rings is 1. The second-order valence-corrected chi connectivity index (χ2v) is 6.38. The van der Waals surface area contributed by atoms with E-state index in [-0.39, 0.29) is 24.0 Å². The zero-order valence-corrected chi connectivity index (χ0v) is 18.1. The van der Waals surface area contributed by atoms with Gasteiger partial charge in [0.05, 0.1) is 11.0 Å². The minimum Gasteiger partial charge on any atom is -0.356 e. The molecule has 3 N–H and O–H groups in total. The van der Waals surface area contributed by atoms with Crippen molar-refractivity contribution in [2.24, 2.45) is 4.99 Å². The number of halogens is 3. The lowest BCUT2D eigenvalue weighted by Crippen LogP contribution is -2.38. The van der Waals surface area contributed by atoms with E-state index in [4.69, 9.17) is 23.2 Å². The number of aliphatic imine (C=N–C) groups is 1. The minimum atomic E-state index is 0. The van der Waals surface area contributed by atoms with Gasteiger partial charge in [0.25, 0.3) is 0 Å². The highest BCUT2D eigenvalue weighted by atomic mass is 127. The van der Waals surface area contributed by atoms with E-state index in [2.05, 4.69) is 25.6 Å². The molecule has 0 aliphatic carbocycles. The maximum Gasteiger partial charge on any atom is 0.191 e. The van der Waals surface area contributed by atoms with Gasteiger partial charge in [0, 0.05) is 36.6 Å². The Hall–Kier alpha value is -1.51. The number of aromatic nitrogens is 2. The number of H-pyrrole nitrogens is 1. The first kappa shape index (κ1) is 20.8. The van der Waals surface area contributed by atoms with Crippen molar-refractivity contribution in [2.75, 3.05) is 13.6 Å². The van der Waals surface area contributed by atoms with E-state index in [1.54, 1.807) is 13.1 Å². The van der Waals surface area contributed by atoms with Crippen LogP contribution in [0.3, 0.4) is 0 Å². The molecule has 26 heavy (non-hydrogen) atoms. The Labute approximate surface area is 179 Å². The van der Waals surface area contributed by atoms with E-state index >= 15 is 0 Å². The van der Waals surface area contributed by atoms with Gasteiger partial charge >= 0.3 is 0 Å². The third-order valence-electron chi connectivity index (χ3n) is 3.78. The van der Waals surface area contributed by atoms with Crippen LogP contribution in [-0.2, 0) is 13.0 Å². The Bertz CT molecular complexity index is 861. The number of hydrogen-bond acceptors (Lipinski definition) is 2. The SMILES string of the molecule is CN=C(NCCc1nc2ccccc2[nH]1)NCc1ccc(Cl)cc1Cl.I. The molecule has 138 valence electrons. The highest BCUT2D eigenvalue weighted by Crippen LogP contribution is 2.20. The highest BCUT2D eigenvalue weighted by Gasteiger charge is 2.05. The molecule has 0 atom stereocenters. The molecule has 0 aliphatic heterocycles. The zero-order chi connectivity index (χ0) is 17.6. The fourth-order valence-electron chi connectivity index (χ4n) is 2.49. The van der Waals surface area contributed by atoms with Gasteiger partial charge in [-0.05, 0) is 29.8 Å². The van der Waals surface area contributed by atoms with Gasteiger partial charge in [-0.2, -0.15) is 0 Å². The lowest BCUT2D eigenvalue weighted by molar-refractivity contribution is 0.777. The number of para-hydroxylation sites is 2. The van der Waals surface area contributed by atoms with Crippen LogP contribution in [-0.4, -0.2) is 29.5 Å². The van der Waals surface area contributed by atoms with Gasteiger partial charge in [-0.3, -0.25) is 4.99 Å². The van der Waals surface area contributed by atoms with Gasteiger partial charge < -0.3 is 15.6 Å². The standard InChI is InChI=1S/C18H19Cl2N5.HI/c1-21-18(23-11-12-6-7-13(19)10-14(12)20)22-9-8-17-24-15-4-2-3-5-16(15)25-17;/h2-7,10H,8-9,11H2,1H3,(H,24,25)(H2,21,22,23);1H. The minimum absolute atomic E-state index is 0. The Kier molecular flexibility index (Phi) is 7.99. The summed E-state index contributed by atoms with van der Waals surface area (Å²) in [6.45, 7) is 1.29. The molecule has 0 amide bonds. The van der Waals surface area contributed by atoms with Gasteiger partial charge in [-0.1, -0.05) is 41.4 Å². The van der Waals surface area contributed by atoms with E-state index in [0.29, 0.717) is 29.1 Å². The van der Waals surface area contributed by atoms with Crippen molar-refractivity contribution in [3.63, 3.8) is 0 Å². The number of hydrogen-bond donors (Lipinski definition) is 3. The average Bonchev–Trinajstić information content (AvgIpc) is 3.02. The van der Waals surface area contributed by atoms with Crippen molar-refractivity contribution in [1.29, 1.82) is 0 Å². The molecule has 0 aliphatic rings. The predicted octanol–water partition coefficient (Wildman–Crippen LogP) is 4.40. The summed E-state index contributed by atoms with van der Waals surface area (Å²) in [4.78, 5) is 12.1. The number of guanidine groups is 1. The van der Waals surface area contributed by atoms with Crippen molar-refractivity contribution in [1.82, 2.24) is 20.6 Å². The smallest absolute Gasteiger partial charge is 0.191 e. The van der Waals surface area contributed by atoms with Gasteiger partial charge in [0.2, 0.25) is 0 Å². The summed E-state index contributed by atoms with van der Waals surface area (Å²) in [5.74, 6) is 1.66. The summed E-state index contributed by atoms with van der Waals surface area (Å²) < 4.78 is 0. The van der Waals surface area contributed by atoms with Gasteiger partial charge in [0.1, 0.15) is 5.82 Å². The molecule has 0 radical (unpaired) electrons. The molecule has 3 rings (SSSR count). The average molecular weight is 504 g/mol. The van der Waals surface area contributed by atoms with Crippen LogP contribution in [0.4, 0.5) is 0 Å². The third kappa shape index (κ3) is 5.49. The van der Waals surface area contributed by atoms with E-state index < -0.39 is 0 Å². The molecule has 0 bridgehead atoms.